The number of carbonyl (C=O) groups is 1. The van der Waals surface area contributed by atoms with Gasteiger partial charge in [-0.05, 0) is 48.4 Å². The summed E-state index contributed by atoms with van der Waals surface area (Å²) in [6.45, 7) is 1.38. The molecule has 5 rings (SSSR count). The molecule has 5 heterocycles. The summed E-state index contributed by atoms with van der Waals surface area (Å²) < 4.78 is 3.69. The first-order valence-corrected chi connectivity index (χ1v) is 9.36. The average Bonchev–Trinajstić information content (AvgIpc) is 3.46. The first-order valence-electron chi connectivity index (χ1n) is 9.36. The Morgan fingerprint density at radius 1 is 1.11 bits per heavy atom. The van der Waals surface area contributed by atoms with Gasteiger partial charge in [0, 0.05) is 56.4 Å². The van der Waals surface area contributed by atoms with Gasteiger partial charge in [-0.25, -0.2) is 9.50 Å². The minimum atomic E-state index is 0.0683. The van der Waals surface area contributed by atoms with E-state index in [1.54, 1.807) is 12.4 Å². The van der Waals surface area contributed by atoms with Crippen LogP contribution in [-0.4, -0.2) is 48.0 Å². The van der Waals surface area contributed by atoms with E-state index in [1.165, 1.54) is 0 Å². The zero-order valence-corrected chi connectivity index (χ0v) is 15.6. The number of aromatic nitrogens is 5. The second-order valence-corrected chi connectivity index (χ2v) is 7.17. The number of hydrogen-bond donors (Lipinski definition) is 0. The molecule has 0 aromatic carbocycles. The number of fused-ring (bicyclic) bond motifs is 1. The highest BCUT2D eigenvalue weighted by Crippen LogP contribution is 2.27. The Kier molecular flexibility index (Phi) is 3.93. The fraction of sp³-hybridized carbons (Fsp3) is 0.238. The van der Waals surface area contributed by atoms with Crippen molar-refractivity contribution in [2.24, 2.45) is 7.05 Å². The molecule has 0 unspecified atom stereocenters. The van der Waals surface area contributed by atoms with Crippen LogP contribution in [0.5, 0.6) is 0 Å². The fourth-order valence-electron chi connectivity index (χ4n) is 3.79. The molecule has 4 aromatic heterocycles. The molecule has 0 radical (unpaired) electrons. The number of aryl methyl sites for hydroxylation is 1. The van der Waals surface area contributed by atoms with E-state index in [0.29, 0.717) is 12.2 Å². The molecule has 0 N–H and O–H groups in total. The molecule has 28 heavy (non-hydrogen) atoms. The van der Waals surface area contributed by atoms with E-state index < -0.39 is 0 Å². The molecule has 1 aliphatic heterocycles. The summed E-state index contributed by atoms with van der Waals surface area (Å²) in [6.07, 6.45) is 8.32. The van der Waals surface area contributed by atoms with Gasteiger partial charge in [0.1, 0.15) is 5.69 Å². The predicted molar refractivity (Wildman–Crippen MR) is 105 cm³/mol. The van der Waals surface area contributed by atoms with Gasteiger partial charge in [0.15, 0.2) is 11.5 Å². The smallest absolute Gasteiger partial charge is 0.270 e. The van der Waals surface area contributed by atoms with Gasteiger partial charge in [-0.15, -0.1) is 0 Å². The molecule has 140 valence electrons. The summed E-state index contributed by atoms with van der Waals surface area (Å²) in [6, 6.07) is 11.7. The number of carbonyl (C=O) groups excluding carboxylic acids is 1. The highest BCUT2D eigenvalue weighted by Gasteiger charge is 2.31. The van der Waals surface area contributed by atoms with Crippen molar-refractivity contribution < 1.29 is 4.79 Å². The Labute approximate surface area is 162 Å². The molecule has 4 aromatic rings. The second-order valence-electron chi connectivity index (χ2n) is 7.17. The third-order valence-electron chi connectivity index (χ3n) is 5.36. The number of pyridine rings is 2. The van der Waals surface area contributed by atoms with Crippen molar-refractivity contribution >= 4 is 11.6 Å². The number of amides is 1. The Hall–Kier alpha value is -3.48. The molecule has 1 atom stereocenters. The molecule has 0 saturated carbocycles. The highest BCUT2D eigenvalue weighted by atomic mass is 16.2. The van der Waals surface area contributed by atoms with Crippen LogP contribution in [0.4, 0.5) is 0 Å². The molecule has 7 nitrogen and oxygen atoms in total. The maximum atomic E-state index is 12.7. The van der Waals surface area contributed by atoms with Gasteiger partial charge in [-0.3, -0.25) is 9.78 Å². The number of rotatable bonds is 3. The van der Waals surface area contributed by atoms with E-state index in [1.807, 2.05) is 69.8 Å². The summed E-state index contributed by atoms with van der Waals surface area (Å²) >= 11 is 0. The van der Waals surface area contributed by atoms with Crippen LogP contribution in [-0.2, 0) is 7.05 Å². The van der Waals surface area contributed by atoms with Gasteiger partial charge >= 0.3 is 0 Å². The van der Waals surface area contributed by atoms with Crippen LogP contribution >= 0.6 is 0 Å². The molecule has 7 heteroatoms. The normalized spacial score (nSPS) is 16.8. The molecular weight excluding hydrogens is 352 g/mol. The van der Waals surface area contributed by atoms with Crippen LogP contribution < -0.4 is 0 Å². The number of likely N-dealkylation sites (tertiary alicyclic amines) is 1. The predicted octanol–water partition coefficient (Wildman–Crippen LogP) is 2.76. The lowest BCUT2D eigenvalue weighted by molar-refractivity contribution is 0.0781. The van der Waals surface area contributed by atoms with Crippen molar-refractivity contribution in [2.45, 2.75) is 12.3 Å². The Morgan fingerprint density at radius 3 is 2.75 bits per heavy atom. The summed E-state index contributed by atoms with van der Waals surface area (Å²) in [7, 11) is 1.89. The molecular formula is C21H20N6O. The van der Waals surface area contributed by atoms with Crippen LogP contribution in [0.3, 0.4) is 0 Å². The van der Waals surface area contributed by atoms with Crippen molar-refractivity contribution in [1.29, 1.82) is 0 Å². The summed E-state index contributed by atoms with van der Waals surface area (Å²) in [5, 5.41) is 4.70. The van der Waals surface area contributed by atoms with Gasteiger partial charge in [0.05, 0.1) is 0 Å². The topological polar surface area (TPSA) is 68.3 Å². The van der Waals surface area contributed by atoms with Crippen molar-refractivity contribution in [3.05, 3.63) is 72.7 Å². The van der Waals surface area contributed by atoms with Gasteiger partial charge in [-0.2, -0.15) is 5.10 Å². The van der Waals surface area contributed by atoms with E-state index in [4.69, 9.17) is 10.1 Å². The zero-order valence-electron chi connectivity index (χ0n) is 15.6. The minimum absolute atomic E-state index is 0.0683. The first kappa shape index (κ1) is 16.7. The van der Waals surface area contributed by atoms with E-state index in [9.17, 15) is 4.79 Å². The van der Waals surface area contributed by atoms with Gasteiger partial charge in [0.2, 0.25) is 0 Å². The molecule has 0 spiro atoms. The first-order chi connectivity index (χ1) is 13.7. The molecule has 0 aliphatic carbocycles. The van der Waals surface area contributed by atoms with E-state index in [0.717, 1.165) is 35.6 Å². The lowest BCUT2D eigenvalue weighted by Crippen LogP contribution is -2.30. The third kappa shape index (κ3) is 2.85. The third-order valence-corrected chi connectivity index (χ3v) is 5.36. The van der Waals surface area contributed by atoms with Crippen LogP contribution in [0.2, 0.25) is 0 Å². The molecule has 1 saturated heterocycles. The van der Waals surface area contributed by atoms with Crippen LogP contribution in [0.1, 0.15) is 28.7 Å². The average molecular weight is 372 g/mol. The summed E-state index contributed by atoms with van der Waals surface area (Å²) in [5.74, 6) is 1.03. The van der Waals surface area contributed by atoms with Crippen LogP contribution in [0.15, 0.2) is 61.2 Å². The quantitative estimate of drug-likeness (QED) is 0.555. The monoisotopic (exact) mass is 372 g/mol. The van der Waals surface area contributed by atoms with Gasteiger partial charge in [0.25, 0.3) is 5.91 Å². The van der Waals surface area contributed by atoms with E-state index in [-0.39, 0.29) is 11.8 Å². The Bertz CT molecular complexity index is 1150. The molecule has 1 fully saturated rings. The van der Waals surface area contributed by atoms with Crippen LogP contribution in [0, 0.1) is 0 Å². The van der Waals surface area contributed by atoms with Gasteiger partial charge < -0.3 is 9.47 Å². The molecule has 1 aliphatic rings. The number of nitrogens with zero attached hydrogens (tertiary/aromatic N) is 6. The second kappa shape index (κ2) is 6.60. The van der Waals surface area contributed by atoms with Crippen molar-refractivity contribution in [2.75, 3.05) is 13.1 Å². The lowest BCUT2D eigenvalue weighted by Gasteiger charge is -2.16. The zero-order chi connectivity index (χ0) is 19.1. The van der Waals surface area contributed by atoms with Gasteiger partial charge in [-0.1, -0.05) is 0 Å². The van der Waals surface area contributed by atoms with E-state index in [2.05, 4.69) is 4.98 Å². The standard InChI is InChI=1S/C21H20N6O/c1-25-11-2-3-18(25)21(28)26-12-8-17(13-26)20-23-19-5-4-16(14-27(19)24-20)15-6-9-22-10-7-15/h2-7,9-11,14,17H,8,12-13H2,1H3/t17-/m1/s1. The fourth-order valence-corrected chi connectivity index (χ4v) is 3.79. The highest BCUT2D eigenvalue weighted by molar-refractivity contribution is 5.93. The maximum Gasteiger partial charge on any atom is 0.270 e. The Morgan fingerprint density at radius 2 is 1.96 bits per heavy atom. The summed E-state index contributed by atoms with van der Waals surface area (Å²) in [4.78, 5) is 23.4. The summed E-state index contributed by atoms with van der Waals surface area (Å²) in [5.41, 5.74) is 3.69. The number of hydrogen-bond acceptors (Lipinski definition) is 4. The minimum Gasteiger partial charge on any atom is -0.347 e. The SMILES string of the molecule is Cn1cccc1C(=O)N1CC[C@@H](c2nc3ccc(-c4ccncc4)cn3n2)C1. The van der Waals surface area contributed by atoms with Crippen LogP contribution in [0.25, 0.3) is 16.8 Å². The lowest BCUT2D eigenvalue weighted by atomic mass is 10.1. The van der Waals surface area contributed by atoms with Crippen molar-refractivity contribution in [3.8, 4) is 11.1 Å². The largest absolute Gasteiger partial charge is 0.347 e. The van der Waals surface area contributed by atoms with Crippen molar-refractivity contribution in [1.82, 2.24) is 29.0 Å². The Balaban J connectivity index is 1.38. The molecule has 0 bridgehead atoms. The van der Waals surface area contributed by atoms with E-state index >= 15 is 0 Å². The maximum absolute atomic E-state index is 12.7. The van der Waals surface area contributed by atoms with Crippen molar-refractivity contribution in [3.63, 3.8) is 0 Å². The molecule has 1 amide bonds.